The van der Waals surface area contributed by atoms with E-state index in [0.29, 0.717) is 22.3 Å². The second-order valence-corrected chi connectivity index (χ2v) is 4.82. The van der Waals surface area contributed by atoms with Gasteiger partial charge in [-0.3, -0.25) is 0 Å². The molecule has 0 aromatic heterocycles. The van der Waals surface area contributed by atoms with Crippen LogP contribution in [-0.4, -0.2) is 7.11 Å². The van der Waals surface area contributed by atoms with Crippen molar-refractivity contribution in [1.29, 1.82) is 0 Å². The highest BCUT2D eigenvalue weighted by atomic mass is 35.5. The van der Waals surface area contributed by atoms with Gasteiger partial charge in [-0.05, 0) is 24.3 Å². The molecule has 0 unspecified atom stereocenters. The summed E-state index contributed by atoms with van der Waals surface area (Å²) in [5, 5.41) is 4.48. The first kappa shape index (κ1) is 13.8. The van der Waals surface area contributed by atoms with Crippen LogP contribution in [0.3, 0.4) is 0 Å². The summed E-state index contributed by atoms with van der Waals surface area (Å²) in [7, 11) is 1.60. The Hall–Kier alpha value is -1.58. The van der Waals surface area contributed by atoms with Gasteiger partial charge in [-0.1, -0.05) is 29.3 Å². The largest absolute Gasteiger partial charge is 0.497 e. The van der Waals surface area contributed by atoms with Crippen molar-refractivity contribution in [2.24, 2.45) is 0 Å². The molecule has 0 amide bonds. The molecule has 2 aromatic rings. The number of nitrogens with two attached hydrogens (primary N) is 1. The van der Waals surface area contributed by atoms with E-state index in [1.54, 1.807) is 13.2 Å². The van der Waals surface area contributed by atoms with Gasteiger partial charge in [0, 0.05) is 28.2 Å². The summed E-state index contributed by atoms with van der Waals surface area (Å²) < 4.78 is 5.10. The normalized spacial score (nSPS) is 10.3. The van der Waals surface area contributed by atoms with Crippen molar-refractivity contribution in [3.8, 4) is 5.75 Å². The lowest BCUT2D eigenvalue weighted by molar-refractivity contribution is 0.415. The van der Waals surface area contributed by atoms with Crippen molar-refractivity contribution >= 4 is 34.6 Å². The summed E-state index contributed by atoms with van der Waals surface area (Å²) in [5.41, 5.74) is 8.21. The predicted molar refractivity (Wildman–Crippen MR) is 81.2 cm³/mol. The van der Waals surface area contributed by atoms with E-state index >= 15 is 0 Å². The van der Waals surface area contributed by atoms with Gasteiger partial charge in [-0.2, -0.15) is 0 Å². The molecular weight excluding hydrogens is 283 g/mol. The lowest BCUT2D eigenvalue weighted by Gasteiger charge is -2.12. The van der Waals surface area contributed by atoms with E-state index in [1.165, 1.54) is 0 Å². The Morgan fingerprint density at radius 3 is 2.42 bits per heavy atom. The van der Waals surface area contributed by atoms with Gasteiger partial charge in [-0.25, -0.2) is 0 Å². The number of ether oxygens (including phenoxy) is 1. The second kappa shape index (κ2) is 6.04. The average molecular weight is 297 g/mol. The summed E-state index contributed by atoms with van der Waals surface area (Å²) in [4.78, 5) is 0. The monoisotopic (exact) mass is 296 g/mol. The Balaban J connectivity index is 2.15. The molecule has 0 aliphatic heterocycles. The van der Waals surface area contributed by atoms with Crippen LogP contribution >= 0.6 is 23.2 Å². The first-order valence-electron chi connectivity index (χ1n) is 5.72. The highest BCUT2D eigenvalue weighted by Crippen LogP contribution is 2.28. The molecule has 0 saturated carbocycles. The van der Waals surface area contributed by atoms with Gasteiger partial charge in [-0.15, -0.1) is 0 Å². The van der Waals surface area contributed by atoms with Crippen LogP contribution in [-0.2, 0) is 6.54 Å². The molecule has 0 bridgehead atoms. The zero-order valence-electron chi connectivity index (χ0n) is 10.4. The average Bonchev–Trinajstić information content (AvgIpc) is 2.39. The summed E-state index contributed by atoms with van der Waals surface area (Å²) in [6.07, 6.45) is 0. The molecule has 2 rings (SSSR count). The maximum Gasteiger partial charge on any atom is 0.121 e. The fourth-order valence-corrected chi connectivity index (χ4v) is 2.24. The van der Waals surface area contributed by atoms with E-state index in [9.17, 15) is 0 Å². The number of benzene rings is 2. The zero-order chi connectivity index (χ0) is 13.8. The summed E-state index contributed by atoms with van der Waals surface area (Å²) >= 11 is 12.2. The lowest BCUT2D eigenvalue weighted by atomic mass is 10.2. The minimum Gasteiger partial charge on any atom is -0.497 e. The molecular formula is C14H14Cl2N2O. The van der Waals surface area contributed by atoms with Crippen molar-refractivity contribution in [2.45, 2.75) is 6.54 Å². The van der Waals surface area contributed by atoms with Crippen LogP contribution in [0.15, 0.2) is 36.4 Å². The lowest BCUT2D eigenvalue weighted by Crippen LogP contribution is -2.03. The first-order valence-corrected chi connectivity index (χ1v) is 6.47. The Morgan fingerprint density at radius 2 is 1.84 bits per heavy atom. The smallest absolute Gasteiger partial charge is 0.121 e. The highest BCUT2D eigenvalue weighted by Gasteiger charge is 2.06. The maximum atomic E-state index is 6.11. The number of hydrogen-bond acceptors (Lipinski definition) is 3. The molecule has 0 saturated heterocycles. The van der Waals surface area contributed by atoms with Crippen LogP contribution in [0.4, 0.5) is 11.4 Å². The minimum atomic E-state index is 0.509. The SMILES string of the molecule is COc1ccc(NCc2c(Cl)cccc2Cl)c(N)c1. The second-order valence-electron chi connectivity index (χ2n) is 4.01. The Kier molecular flexibility index (Phi) is 4.40. The molecule has 0 aliphatic carbocycles. The number of anilines is 2. The number of nitrogen functional groups attached to an aromatic ring is 1. The minimum absolute atomic E-state index is 0.509. The molecule has 2 aromatic carbocycles. The van der Waals surface area contributed by atoms with Crippen LogP contribution in [0.25, 0.3) is 0 Å². The molecule has 3 N–H and O–H groups in total. The molecule has 0 atom stereocenters. The Labute approximate surface area is 122 Å². The van der Waals surface area contributed by atoms with Crippen LogP contribution in [0.1, 0.15) is 5.56 Å². The molecule has 3 nitrogen and oxygen atoms in total. The summed E-state index contributed by atoms with van der Waals surface area (Å²) in [6, 6.07) is 10.9. The molecule has 0 radical (unpaired) electrons. The fraction of sp³-hybridized carbons (Fsp3) is 0.143. The van der Waals surface area contributed by atoms with E-state index in [4.69, 9.17) is 33.7 Å². The van der Waals surface area contributed by atoms with Crippen LogP contribution in [0.5, 0.6) is 5.75 Å². The van der Waals surface area contributed by atoms with Crippen molar-refractivity contribution in [3.63, 3.8) is 0 Å². The van der Waals surface area contributed by atoms with Crippen LogP contribution in [0.2, 0.25) is 10.0 Å². The van der Waals surface area contributed by atoms with Crippen molar-refractivity contribution in [1.82, 2.24) is 0 Å². The molecule has 19 heavy (non-hydrogen) atoms. The summed E-state index contributed by atoms with van der Waals surface area (Å²) in [5.74, 6) is 0.721. The standard InChI is InChI=1S/C14H14Cl2N2O/c1-19-9-5-6-14(13(17)7-9)18-8-10-11(15)3-2-4-12(10)16/h2-7,18H,8,17H2,1H3. The number of methoxy groups -OCH3 is 1. The topological polar surface area (TPSA) is 47.3 Å². The Bertz CT molecular complexity index is 567. The Morgan fingerprint density at radius 1 is 1.16 bits per heavy atom. The molecule has 0 aliphatic rings. The van der Waals surface area contributed by atoms with Gasteiger partial charge < -0.3 is 15.8 Å². The third-order valence-electron chi connectivity index (χ3n) is 2.78. The highest BCUT2D eigenvalue weighted by molar-refractivity contribution is 6.36. The van der Waals surface area contributed by atoms with Crippen LogP contribution in [0, 0.1) is 0 Å². The number of halogens is 2. The number of nitrogens with one attached hydrogen (secondary N) is 1. The molecule has 5 heteroatoms. The molecule has 0 fully saturated rings. The first-order chi connectivity index (χ1) is 9.11. The van der Waals surface area contributed by atoms with Crippen molar-refractivity contribution in [3.05, 3.63) is 52.0 Å². The van der Waals surface area contributed by atoms with Crippen molar-refractivity contribution < 1.29 is 4.74 Å². The van der Waals surface area contributed by atoms with Gasteiger partial charge in [0.25, 0.3) is 0 Å². The van der Waals surface area contributed by atoms with E-state index < -0.39 is 0 Å². The molecule has 100 valence electrons. The van der Waals surface area contributed by atoms with Gasteiger partial charge >= 0.3 is 0 Å². The predicted octanol–water partition coefficient (Wildman–Crippen LogP) is 4.20. The maximum absolute atomic E-state index is 6.11. The van der Waals surface area contributed by atoms with Gasteiger partial charge in [0.2, 0.25) is 0 Å². The third-order valence-corrected chi connectivity index (χ3v) is 3.48. The molecule has 0 spiro atoms. The fourth-order valence-electron chi connectivity index (χ4n) is 1.71. The van der Waals surface area contributed by atoms with E-state index in [2.05, 4.69) is 5.32 Å². The van der Waals surface area contributed by atoms with E-state index in [0.717, 1.165) is 17.0 Å². The van der Waals surface area contributed by atoms with Gasteiger partial charge in [0.05, 0.1) is 18.5 Å². The van der Waals surface area contributed by atoms with Gasteiger partial charge in [0.1, 0.15) is 5.75 Å². The quantitative estimate of drug-likeness (QED) is 0.832. The number of hydrogen-bond donors (Lipinski definition) is 2. The third kappa shape index (κ3) is 3.25. The van der Waals surface area contributed by atoms with Crippen molar-refractivity contribution in [2.75, 3.05) is 18.2 Å². The van der Waals surface area contributed by atoms with E-state index in [-0.39, 0.29) is 0 Å². The summed E-state index contributed by atoms with van der Waals surface area (Å²) in [6.45, 7) is 0.509. The van der Waals surface area contributed by atoms with Crippen LogP contribution < -0.4 is 15.8 Å². The zero-order valence-corrected chi connectivity index (χ0v) is 11.9. The number of rotatable bonds is 4. The van der Waals surface area contributed by atoms with E-state index in [1.807, 2.05) is 30.3 Å². The van der Waals surface area contributed by atoms with Gasteiger partial charge in [0.15, 0.2) is 0 Å². The molecule has 0 heterocycles.